The summed E-state index contributed by atoms with van der Waals surface area (Å²) in [6.45, 7) is 4.93. The Bertz CT molecular complexity index is 447. The molecule has 0 bridgehead atoms. The average molecular weight is 279 g/mol. The maximum Gasteiger partial charge on any atom is 0.119 e. The molecule has 0 amide bonds. The van der Waals surface area contributed by atoms with E-state index in [-0.39, 0.29) is 5.41 Å². The van der Waals surface area contributed by atoms with Crippen LogP contribution in [0.3, 0.4) is 0 Å². The lowest BCUT2D eigenvalue weighted by molar-refractivity contribution is -0.0992. The van der Waals surface area contributed by atoms with E-state index in [4.69, 9.17) is 9.47 Å². The summed E-state index contributed by atoms with van der Waals surface area (Å²) in [7, 11) is 3.39. The van der Waals surface area contributed by atoms with Crippen molar-refractivity contribution in [2.24, 2.45) is 5.41 Å². The number of methoxy groups -OCH3 is 2. The van der Waals surface area contributed by atoms with Crippen molar-refractivity contribution in [3.63, 3.8) is 0 Å². The van der Waals surface area contributed by atoms with Crippen molar-refractivity contribution in [1.82, 2.24) is 5.32 Å². The molecule has 1 aliphatic rings. The van der Waals surface area contributed by atoms with E-state index in [1.54, 1.807) is 14.2 Å². The van der Waals surface area contributed by atoms with Crippen LogP contribution in [-0.4, -0.2) is 38.0 Å². The molecule has 4 nitrogen and oxygen atoms in total. The van der Waals surface area contributed by atoms with Crippen molar-refractivity contribution in [3.8, 4) is 5.75 Å². The van der Waals surface area contributed by atoms with Crippen molar-refractivity contribution >= 4 is 0 Å². The highest BCUT2D eigenvalue weighted by atomic mass is 16.5. The molecule has 2 N–H and O–H groups in total. The molecule has 1 aromatic carbocycles. The van der Waals surface area contributed by atoms with Gasteiger partial charge in [-0.15, -0.1) is 0 Å². The standard InChI is InChI=1S/C16H25NO3/c1-16(2)14(9-15(16)20-4)17-10-13(18)11-6-5-7-12(8-11)19-3/h5-8,13-15,17-18H,9-10H2,1-4H3. The Kier molecular flexibility index (Phi) is 4.68. The summed E-state index contributed by atoms with van der Waals surface area (Å²) in [4.78, 5) is 0. The van der Waals surface area contributed by atoms with Crippen LogP contribution < -0.4 is 10.1 Å². The minimum atomic E-state index is -0.525. The molecule has 3 unspecified atom stereocenters. The van der Waals surface area contributed by atoms with E-state index >= 15 is 0 Å². The Morgan fingerprint density at radius 2 is 2.15 bits per heavy atom. The molecule has 0 aliphatic heterocycles. The molecule has 3 atom stereocenters. The molecule has 0 radical (unpaired) electrons. The van der Waals surface area contributed by atoms with Crippen LogP contribution in [0.25, 0.3) is 0 Å². The maximum atomic E-state index is 10.3. The molecule has 0 saturated heterocycles. The molecule has 1 saturated carbocycles. The molecule has 0 aromatic heterocycles. The Morgan fingerprint density at radius 1 is 1.40 bits per heavy atom. The van der Waals surface area contributed by atoms with Gasteiger partial charge in [-0.3, -0.25) is 0 Å². The molecule has 1 aliphatic carbocycles. The van der Waals surface area contributed by atoms with E-state index in [9.17, 15) is 5.11 Å². The molecular formula is C16H25NO3. The lowest BCUT2D eigenvalue weighted by Gasteiger charge is -2.51. The van der Waals surface area contributed by atoms with Gasteiger partial charge in [0, 0.05) is 25.1 Å². The van der Waals surface area contributed by atoms with Crippen molar-refractivity contribution in [2.75, 3.05) is 20.8 Å². The minimum Gasteiger partial charge on any atom is -0.497 e. The summed E-state index contributed by atoms with van der Waals surface area (Å²) in [6.07, 6.45) is 0.769. The van der Waals surface area contributed by atoms with E-state index in [1.165, 1.54) is 0 Å². The van der Waals surface area contributed by atoms with Crippen molar-refractivity contribution < 1.29 is 14.6 Å². The van der Waals surface area contributed by atoms with Gasteiger partial charge in [0.2, 0.25) is 0 Å². The van der Waals surface area contributed by atoms with E-state index in [0.29, 0.717) is 18.7 Å². The van der Waals surface area contributed by atoms with Crippen LogP contribution in [-0.2, 0) is 4.74 Å². The number of hydrogen-bond acceptors (Lipinski definition) is 4. The smallest absolute Gasteiger partial charge is 0.119 e. The number of benzene rings is 1. The highest BCUT2D eigenvalue weighted by molar-refractivity contribution is 5.30. The molecule has 112 valence electrons. The third-order valence-corrected chi connectivity index (χ3v) is 4.50. The van der Waals surface area contributed by atoms with Crippen LogP contribution in [0.2, 0.25) is 0 Å². The molecule has 2 rings (SSSR count). The van der Waals surface area contributed by atoms with E-state index in [2.05, 4.69) is 19.2 Å². The van der Waals surface area contributed by atoms with Gasteiger partial charge in [0.15, 0.2) is 0 Å². The minimum absolute atomic E-state index is 0.114. The second-order valence-corrected chi connectivity index (χ2v) is 6.03. The predicted molar refractivity (Wildman–Crippen MR) is 78.9 cm³/mol. The molecule has 0 heterocycles. The summed E-state index contributed by atoms with van der Waals surface area (Å²) in [6, 6.07) is 7.94. The van der Waals surface area contributed by atoms with Gasteiger partial charge in [-0.25, -0.2) is 0 Å². The Morgan fingerprint density at radius 3 is 2.75 bits per heavy atom. The monoisotopic (exact) mass is 279 g/mol. The SMILES string of the molecule is COc1cccc(C(O)CNC2CC(OC)C2(C)C)c1. The first-order valence-corrected chi connectivity index (χ1v) is 7.07. The van der Waals surface area contributed by atoms with Gasteiger partial charge in [0.1, 0.15) is 5.75 Å². The number of ether oxygens (including phenoxy) is 2. The lowest BCUT2D eigenvalue weighted by Crippen LogP contribution is -2.61. The van der Waals surface area contributed by atoms with Crippen LogP contribution in [0, 0.1) is 5.41 Å². The molecule has 0 spiro atoms. The second-order valence-electron chi connectivity index (χ2n) is 6.03. The van der Waals surface area contributed by atoms with Crippen molar-refractivity contribution in [2.45, 2.75) is 38.5 Å². The van der Waals surface area contributed by atoms with Gasteiger partial charge >= 0.3 is 0 Å². The summed E-state index contributed by atoms with van der Waals surface area (Å²) in [5, 5.41) is 13.7. The van der Waals surface area contributed by atoms with Gasteiger partial charge in [0.05, 0.1) is 19.3 Å². The zero-order chi connectivity index (χ0) is 14.8. The van der Waals surface area contributed by atoms with Gasteiger partial charge in [-0.1, -0.05) is 26.0 Å². The van der Waals surface area contributed by atoms with Crippen molar-refractivity contribution in [1.29, 1.82) is 0 Å². The third kappa shape index (κ3) is 2.97. The quantitative estimate of drug-likeness (QED) is 0.837. The Balaban J connectivity index is 1.88. The summed E-state index contributed by atoms with van der Waals surface area (Å²) < 4.78 is 10.6. The fourth-order valence-electron chi connectivity index (χ4n) is 2.85. The number of aliphatic hydroxyl groups is 1. The van der Waals surface area contributed by atoms with E-state index < -0.39 is 6.10 Å². The van der Waals surface area contributed by atoms with Crippen LogP contribution in [0.1, 0.15) is 31.9 Å². The van der Waals surface area contributed by atoms with E-state index in [1.807, 2.05) is 24.3 Å². The van der Waals surface area contributed by atoms with Gasteiger partial charge in [-0.2, -0.15) is 0 Å². The molecule has 4 heteroatoms. The average Bonchev–Trinajstić information content (AvgIpc) is 2.46. The summed E-state index contributed by atoms with van der Waals surface area (Å²) in [5.74, 6) is 0.768. The highest BCUT2D eigenvalue weighted by Gasteiger charge is 2.48. The molecule has 1 fully saturated rings. The predicted octanol–water partition coefficient (Wildman–Crippen LogP) is 2.13. The number of hydrogen-bond donors (Lipinski definition) is 2. The van der Waals surface area contributed by atoms with Gasteiger partial charge in [-0.05, 0) is 24.1 Å². The first-order chi connectivity index (χ1) is 9.48. The number of nitrogens with one attached hydrogen (secondary N) is 1. The normalized spacial score (nSPS) is 25.9. The fraction of sp³-hybridized carbons (Fsp3) is 0.625. The van der Waals surface area contributed by atoms with Gasteiger partial charge in [0.25, 0.3) is 0 Å². The van der Waals surface area contributed by atoms with Crippen LogP contribution >= 0.6 is 0 Å². The van der Waals surface area contributed by atoms with Crippen molar-refractivity contribution in [3.05, 3.63) is 29.8 Å². The summed E-state index contributed by atoms with van der Waals surface area (Å²) >= 11 is 0. The fourth-order valence-corrected chi connectivity index (χ4v) is 2.85. The first kappa shape index (κ1) is 15.3. The second kappa shape index (κ2) is 6.12. The first-order valence-electron chi connectivity index (χ1n) is 7.07. The third-order valence-electron chi connectivity index (χ3n) is 4.50. The highest BCUT2D eigenvalue weighted by Crippen LogP contribution is 2.42. The molecule has 20 heavy (non-hydrogen) atoms. The van der Waals surface area contributed by atoms with Crippen LogP contribution in [0.4, 0.5) is 0 Å². The molecular weight excluding hydrogens is 254 g/mol. The summed E-state index contributed by atoms with van der Waals surface area (Å²) in [5.41, 5.74) is 0.986. The Hall–Kier alpha value is -1.10. The largest absolute Gasteiger partial charge is 0.497 e. The topological polar surface area (TPSA) is 50.7 Å². The number of rotatable bonds is 6. The maximum absolute atomic E-state index is 10.3. The lowest BCUT2D eigenvalue weighted by atomic mass is 9.64. The van der Waals surface area contributed by atoms with E-state index in [0.717, 1.165) is 17.7 Å². The molecule has 1 aromatic rings. The van der Waals surface area contributed by atoms with Crippen LogP contribution in [0.15, 0.2) is 24.3 Å². The van der Waals surface area contributed by atoms with Gasteiger partial charge < -0.3 is 19.9 Å². The number of aliphatic hydroxyl groups excluding tert-OH is 1. The zero-order valence-electron chi connectivity index (χ0n) is 12.7. The Labute approximate surface area is 121 Å². The zero-order valence-corrected chi connectivity index (χ0v) is 12.7. The van der Waals surface area contributed by atoms with Crippen LogP contribution in [0.5, 0.6) is 5.75 Å².